The fourth-order valence-corrected chi connectivity index (χ4v) is 3.37. The second kappa shape index (κ2) is 7.43. The third-order valence-electron chi connectivity index (χ3n) is 5.13. The molecular formula is C24H19FN2O2. The van der Waals surface area contributed by atoms with Gasteiger partial charge >= 0.3 is 0 Å². The molecule has 29 heavy (non-hydrogen) atoms. The van der Waals surface area contributed by atoms with Gasteiger partial charge in [-0.2, -0.15) is 0 Å². The second-order valence-electron chi connectivity index (χ2n) is 7.06. The highest BCUT2D eigenvalue weighted by Gasteiger charge is 2.18. The molecule has 2 heterocycles. The van der Waals surface area contributed by atoms with Gasteiger partial charge in [-0.1, -0.05) is 30.3 Å². The monoisotopic (exact) mass is 386 g/mol. The maximum absolute atomic E-state index is 14.2. The van der Waals surface area contributed by atoms with Gasteiger partial charge in [0.25, 0.3) is 0 Å². The Hall–Kier alpha value is -3.60. The molecule has 0 atom stereocenters. The summed E-state index contributed by atoms with van der Waals surface area (Å²) in [6.45, 7) is 3.94. The number of hydrogen-bond donors (Lipinski definition) is 0. The van der Waals surface area contributed by atoms with E-state index in [4.69, 9.17) is 0 Å². The molecule has 4 nitrogen and oxygen atoms in total. The molecule has 5 heteroatoms. The number of benzene rings is 2. The smallest absolute Gasteiger partial charge is 0.200 e. The maximum atomic E-state index is 14.2. The van der Waals surface area contributed by atoms with Crippen molar-refractivity contribution in [2.24, 2.45) is 0 Å². The van der Waals surface area contributed by atoms with Gasteiger partial charge in [0.05, 0.1) is 17.6 Å². The van der Waals surface area contributed by atoms with Gasteiger partial charge in [0.15, 0.2) is 5.78 Å². The summed E-state index contributed by atoms with van der Waals surface area (Å²) in [5.74, 6) is -0.722. The number of carbonyl (C=O) groups excluding carboxylic acids is 1. The Bertz CT molecular complexity index is 1310. The minimum Gasteiger partial charge on any atom is -0.342 e. The first-order chi connectivity index (χ1) is 14.0. The zero-order valence-electron chi connectivity index (χ0n) is 16.1. The van der Waals surface area contributed by atoms with E-state index in [1.54, 1.807) is 47.0 Å². The first-order valence-corrected chi connectivity index (χ1v) is 9.29. The lowest BCUT2D eigenvalue weighted by molar-refractivity contribution is 0.103. The van der Waals surface area contributed by atoms with E-state index in [0.29, 0.717) is 22.0 Å². The molecule has 0 aliphatic carbocycles. The minimum atomic E-state index is -0.390. The van der Waals surface area contributed by atoms with Crippen molar-refractivity contribution in [2.45, 2.75) is 20.4 Å². The van der Waals surface area contributed by atoms with Crippen LogP contribution in [0.2, 0.25) is 0 Å². The molecule has 4 rings (SSSR count). The van der Waals surface area contributed by atoms with Crippen LogP contribution in [0.3, 0.4) is 0 Å². The molecule has 144 valence electrons. The van der Waals surface area contributed by atoms with Gasteiger partial charge in [-0.25, -0.2) is 4.39 Å². The maximum Gasteiger partial charge on any atom is 0.200 e. The van der Waals surface area contributed by atoms with Gasteiger partial charge in [0.2, 0.25) is 5.43 Å². The van der Waals surface area contributed by atoms with Crippen LogP contribution < -0.4 is 5.43 Å². The molecular weight excluding hydrogens is 367 g/mol. The zero-order valence-corrected chi connectivity index (χ0v) is 16.1. The summed E-state index contributed by atoms with van der Waals surface area (Å²) in [6.07, 6.45) is 3.01. The Morgan fingerprint density at radius 3 is 2.55 bits per heavy atom. The topological polar surface area (TPSA) is 52.0 Å². The van der Waals surface area contributed by atoms with Crippen LogP contribution in [-0.4, -0.2) is 15.3 Å². The van der Waals surface area contributed by atoms with E-state index in [-0.39, 0.29) is 23.4 Å². The molecule has 0 saturated carbocycles. The first-order valence-electron chi connectivity index (χ1n) is 9.29. The normalized spacial score (nSPS) is 11.0. The zero-order chi connectivity index (χ0) is 20.5. The van der Waals surface area contributed by atoms with Crippen LogP contribution in [0, 0.1) is 19.7 Å². The summed E-state index contributed by atoms with van der Waals surface area (Å²) in [4.78, 5) is 30.4. The van der Waals surface area contributed by atoms with Crippen molar-refractivity contribution in [2.75, 3.05) is 0 Å². The summed E-state index contributed by atoms with van der Waals surface area (Å²) >= 11 is 0. The quantitative estimate of drug-likeness (QED) is 0.488. The van der Waals surface area contributed by atoms with Crippen LogP contribution in [0.4, 0.5) is 4.39 Å². The lowest BCUT2D eigenvalue weighted by atomic mass is 10.0. The largest absolute Gasteiger partial charge is 0.342 e. The third-order valence-corrected chi connectivity index (χ3v) is 5.13. The van der Waals surface area contributed by atoms with Crippen molar-refractivity contribution in [3.05, 3.63) is 111 Å². The molecule has 0 aliphatic heterocycles. The second-order valence-corrected chi connectivity index (χ2v) is 7.06. The molecule has 0 spiro atoms. The van der Waals surface area contributed by atoms with E-state index in [1.165, 1.54) is 18.5 Å². The summed E-state index contributed by atoms with van der Waals surface area (Å²) in [5.41, 5.74) is 2.90. The van der Waals surface area contributed by atoms with Gasteiger partial charge in [0.1, 0.15) is 5.82 Å². The SMILES string of the molecule is Cc1cc(C(=O)c2cn(Cc3ccccc3F)c3ccccc3c2=O)cnc1C. The standard InChI is InChI=1S/C24H19FN2O2/c1-15-11-18(12-26-16(15)2)23(28)20-14-27(13-17-7-3-5-9-21(17)25)22-10-6-4-8-19(22)24(20)29/h3-12,14H,13H2,1-2H3. The Morgan fingerprint density at radius 1 is 1.07 bits per heavy atom. The van der Waals surface area contributed by atoms with Crippen molar-refractivity contribution in [3.8, 4) is 0 Å². The van der Waals surface area contributed by atoms with E-state index in [9.17, 15) is 14.0 Å². The Morgan fingerprint density at radius 2 is 1.79 bits per heavy atom. The number of para-hydroxylation sites is 1. The molecule has 0 N–H and O–H groups in total. The van der Waals surface area contributed by atoms with Gasteiger partial charge in [-0.05, 0) is 43.7 Å². The molecule has 0 aliphatic rings. The van der Waals surface area contributed by atoms with Gasteiger partial charge in [-0.15, -0.1) is 0 Å². The van der Waals surface area contributed by atoms with Gasteiger partial charge < -0.3 is 4.57 Å². The average Bonchev–Trinajstić information content (AvgIpc) is 2.73. The average molecular weight is 386 g/mol. The molecule has 0 unspecified atom stereocenters. The van der Waals surface area contributed by atoms with Crippen molar-refractivity contribution >= 4 is 16.7 Å². The predicted molar refractivity (Wildman–Crippen MR) is 111 cm³/mol. The molecule has 0 saturated heterocycles. The van der Waals surface area contributed by atoms with Crippen LogP contribution in [0.1, 0.15) is 32.7 Å². The van der Waals surface area contributed by atoms with E-state index < -0.39 is 5.78 Å². The Kier molecular flexibility index (Phi) is 4.80. The lowest BCUT2D eigenvalue weighted by Crippen LogP contribution is -2.20. The fraction of sp³-hybridized carbons (Fsp3) is 0.125. The van der Waals surface area contributed by atoms with Crippen molar-refractivity contribution < 1.29 is 9.18 Å². The summed E-state index contributed by atoms with van der Waals surface area (Å²) in [6, 6.07) is 15.3. The highest BCUT2D eigenvalue weighted by atomic mass is 19.1. The van der Waals surface area contributed by atoms with Gasteiger partial charge in [-0.3, -0.25) is 14.6 Å². The number of nitrogens with zero attached hydrogens (tertiary/aromatic N) is 2. The fourth-order valence-electron chi connectivity index (χ4n) is 3.37. The number of aromatic nitrogens is 2. The number of pyridine rings is 2. The van der Waals surface area contributed by atoms with E-state index in [0.717, 1.165) is 11.3 Å². The Labute approximate surface area is 167 Å². The van der Waals surface area contributed by atoms with Crippen molar-refractivity contribution in [3.63, 3.8) is 0 Å². The highest BCUT2D eigenvalue weighted by molar-refractivity contribution is 6.10. The van der Waals surface area contributed by atoms with E-state index in [1.807, 2.05) is 19.9 Å². The predicted octanol–water partition coefficient (Wildman–Crippen LogP) is 4.43. The number of halogens is 1. The molecule has 2 aromatic heterocycles. The van der Waals surface area contributed by atoms with Crippen LogP contribution in [0.25, 0.3) is 10.9 Å². The summed E-state index contributed by atoms with van der Waals surface area (Å²) in [5, 5.41) is 0.423. The molecule has 0 fully saturated rings. The number of carbonyl (C=O) groups is 1. The van der Waals surface area contributed by atoms with Crippen LogP contribution in [0.15, 0.2) is 71.8 Å². The number of fused-ring (bicyclic) bond motifs is 1. The van der Waals surface area contributed by atoms with Gasteiger partial charge in [0, 0.05) is 34.6 Å². The summed E-state index contributed by atoms with van der Waals surface area (Å²) < 4.78 is 16.0. The first kappa shape index (κ1) is 18.7. The number of ketones is 1. The van der Waals surface area contributed by atoms with E-state index >= 15 is 0 Å². The summed E-state index contributed by atoms with van der Waals surface area (Å²) in [7, 11) is 0. The van der Waals surface area contributed by atoms with Crippen LogP contribution in [-0.2, 0) is 6.54 Å². The van der Waals surface area contributed by atoms with Crippen molar-refractivity contribution in [1.29, 1.82) is 0 Å². The highest BCUT2D eigenvalue weighted by Crippen LogP contribution is 2.18. The van der Waals surface area contributed by atoms with Crippen molar-refractivity contribution in [1.82, 2.24) is 9.55 Å². The molecule has 0 radical (unpaired) electrons. The molecule has 4 aromatic rings. The molecule has 0 amide bonds. The number of hydrogen-bond acceptors (Lipinski definition) is 3. The van der Waals surface area contributed by atoms with E-state index in [2.05, 4.69) is 4.98 Å². The minimum absolute atomic E-state index is 0.0464. The lowest BCUT2D eigenvalue weighted by Gasteiger charge is -2.14. The molecule has 2 aromatic carbocycles. The van der Waals surface area contributed by atoms with Crippen LogP contribution >= 0.6 is 0 Å². The Balaban J connectivity index is 1.90. The number of aryl methyl sites for hydroxylation is 2. The third kappa shape index (κ3) is 3.47. The number of rotatable bonds is 4. The van der Waals surface area contributed by atoms with Crippen LogP contribution in [0.5, 0.6) is 0 Å². The molecule has 0 bridgehead atoms.